The number of fused-ring (bicyclic) bond motifs is 1. The van der Waals surface area contributed by atoms with Gasteiger partial charge in [-0.3, -0.25) is 4.79 Å². The molecule has 140 valence electrons. The van der Waals surface area contributed by atoms with Crippen molar-refractivity contribution in [3.05, 3.63) is 45.7 Å². The van der Waals surface area contributed by atoms with E-state index < -0.39 is 11.4 Å². The van der Waals surface area contributed by atoms with Crippen molar-refractivity contribution < 1.29 is 9.90 Å². The molecule has 1 saturated heterocycles. The summed E-state index contributed by atoms with van der Waals surface area (Å²) in [7, 11) is 1.73. The average molecular weight is 385 g/mol. The molecule has 3 N–H and O–H groups in total. The van der Waals surface area contributed by atoms with E-state index in [-0.39, 0.29) is 5.56 Å². The number of nitrogens with two attached hydrogens (primary N) is 1. The number of benzene rings is 1. The number of thiazole rings is 1. The van der Waals surface area contributed by atoms with Gasteiger partial charge in [0.1, 0.15) is 5.56 Å². The van der Waals surface area contributed by atoms with Crippen LogP contribution in [0.2, 0.25) is 0 Å². The summed E-state index contributed by atoms with van der Waals surface area (Å²) in [6.45, 7) is 3.25. The number of rotatable bonds is 3. The molecule has 0 bridgehead atoms. The molecule has 0 amide bonds. The molecule has 0 unspecified atom stereocenters. The second kappa shape index (κ2) is 6.58. The Labute approximate surface area is 159 Å². The number of aromatic carboxylic acids is 1. The van der Waals surface area contributed by atoms with Crippen LogP contribution in [0.1, 0.15) is 10.4 Å². The Bertz CT molecular complexity index is 1070. The molecular formula is C18H19N5O3S. The molecule has 9 heteroatoms. The minimum absolute atomic E-state index is 0.255. The van der Waals surface area contributed by atoms with E-state index in [0.717, 1.165) is 37.0 Å². The zero-order valence-electron chi connectivity index (χ0n) is 14.8. The number of piperazine rings is 1. The van der Waals surface area contributed by atoms with Crippen molar-refractivity contribution in [2.45, 2.75) is 0 Å². The highest BCUT2D eigenvalue weighted by Gasteiger charge is 2.22. The fraction of sp³-hybridized carbons (Fsp3) is 0.278. The highest BCUT2D eigenvalue weighted by Crippen LogP contribution is 2.30. The third-order valence-electron chi connectivity index (χ3n) is 4.88. The second-order valence-electron chi connectivity index (χ2n) is 6.50. The summed E-state index contributed by atoms with van der Waals surface area (Å²) in [5.74, 6) is -1.24. The molecule has 0 atom stereocenters. The molecule has 0 radical (unpaired) electrons. The number of hydrogen-bond acceptors (Lipinski definition) is 7. The second-order valence-corrected chi connectivity index (χ2v) is 7.38. The van der Waals surface area contributed by atoms with Crippen LogP contribution in [-0.2, 0) is 7.05 Å². The zero-order valence-corrected chi connectivity index (χ0v) is 15.6. The van der Waals surface area contributed by atoms with Crippen LogP contribution in [0.25, 0.3) is 10.9 Å². The van der Waals surface area contributed by atoms with Crippen molar-refractivity contribution in [2.75, 3.05) is 41.7 Å². The van der Waals surface area contributed by atoms with Crippen molar-refractivity contribution in [1.29, 1.82) is 0 Å². The van der Waals surface area contributed by atoms with Crippen molar-refractivity contribution in [3.63, 3.8) is 0 Å². The molecule has 3 heterocycles. The molecule has 3 aromatic rings. The van der Waals surface area contributed by atoms with E-state index in [2.05, 4.69) is 14.8 Å². The Morgan fingerprint density at radius 1 is 1.22 bits per heavy atom. The molecule has 1 aliphatic heterocycles. The van der Waals surface area contributed by atoms with Crippen LogP contribution in [0.15, 0.2) is 34.7 Å². The van der Waals surface area contributed by atoms with Crippen LogP contribution in [0.5, 0.6) is 0 Å². The first-order valence-electron chi connectivity index (χ1n) is 8.51. The van der Waals surface area contributed by atoms with Crippen molar-refractivity contribution >= 4 is 44.7 Å². The van der Waals surface area contributed by atoms with Crippen molar-refractivity contribution in [2.24, 2.45) is 7.05 Å². The van der Waals surface area contributed by atoms with Gasteiger partial charge in [-0.1, -0.05) is 0 Å². The number of nitrogen functional groups attached to an aromatic ring is 1. The summed E-state index contributed by atoms with van der Waals surface area (Å²) in [6.07, 6.45) is 3.16. The lowest BCUT2D eigenvalue weighted by Crippen LogP contribution is -2.46. The fourth-order valence-electron chi connectivity index (χ4n) is 3.47. The van der Waals surface area contributed by atoms with E-state index in [9.17, 15) is 14.7 Å². The summed E-state index contributed by atoms with van der Waals surface area (Å²) in [4.78, 5) is 32.5. The Balaban J connectivity index is 1.68. The highest BCUT2D eigenvalue weighted by molar-refractivity contribution is 7.13. The van der Waals surface area contributed by atoms with Crippen LogP contribution in [0, 0.1) is 0 Å². The average Bonchev–Trinajstić information content (AvgIpc) is 3.19. The first kappa shape index (κ1) is 17.3. The van der Waals surface area contributed by atoms with Crippen LogP contribution >= 0.6 is 11.3 Å². The molecule has 4 rings (SSSR count). The van der Waals surface area contributed by atoms with E-state index >= 15 is 0 Å². The maximum Gasteiger partial charge on any atom is 0.341 e. The zero-order chi connectivity index (χ0) is 19.1. The van der Waals surface area contributed by atoms with Crippen LogP contribution in [0.4, 0.5) is 16.5 Å². The minimum Gasteiger partial charge on any atom is -0.477 e. The lowest BCUT2D eigenvalue weighted by molar-refractivity contribution is 0.0695. The molecule has 8 nitrogen and oxygen atoms in total. The highest BCUT2D eigenvalue weighted by atomic mass is 32.1. The molecule has 2 aromatic heterocycles. The molecule has 27 heavy (non-hydrogen) atoms. The van der Waals surface area contributed by atoms with Crippen molar-refractivity contribution in [1.82, 2.24) is 9.55 Å². The van der Waals surface area contributed by atoms with E-state index in [1.807, 2.05) is 11.4 Å². The van der Waals surface area contributed by atoms with Gasteiger partial charge >= 0.3 is 5.97 Å². The summed E-state index contributed by atoms with van der Waals surface area (Å²) in [6, 6.07) is 3.46. The number of carboxylic acids is 1. The summed E-state index contributed by atoms with van der Waals surface area (Å²) < 4.78 is 1.66. The fourth-order valence-corrected chi connectivity index (χ4v) is 4.17. The van der Waals surface area contributed by atoms with Gasteiger partial charge in [0.25, 0.3) is 0 Å². The third kappa shape index (κ3) is 2.99. The van der Waals surface area contributed by atoms with E-state index in [1.54, 1.807) is 35.2 Å². The van der Waals surface area contributed by atoms with Gasteiger partial charge in [0, 0.05) is 56.4 Å². The molecule has 1 aromatic carbocycles. The van der Waals surface area contributed by atoms with E-state index in [4.69, 9.17) is 5.73 Å². The van der Waals surface area contributed by atoms with E-state index in [1.165, 1.54) is 6.20 Å². The standard InChI is InChI=1S/C18H19N5O3S/c1-21-10-12(17(25)26)16(24)11-8-13(19)15(9-14(11)21)22-3-5-23(6-4-22)18-20-2-7-27-18/h2,7-10H,3-6,19H2,1H3,(H,25,26). The number of anilines is 3. The van der Waals surface area contributed by atoms with Gasteiger partial charge in [-0.2, -0.15) is 0 Å². The number of hydrogen-bond donors (Lipinski definition) is 2. The number of pyridine rings is 1. The van der Waals surface area contributed by atoms with Gasteiger partial charge in [-0.25, -0.2) is 9.78 Å². The smallest absolute Gasteiger partial charge is 0.341 e. The molecule has 0 spiro atoms. The van der Waals surface area contributed by atoms with E-state index in [0.29, 0.717) is 16.6 Å². The quantitative estimate of drug-likeness (QED) is 0.660. The maximum absolute atomic E-state index is 12.5. The van der Waals surface area contributed by atoms with Gasteiger partial charge in [-0.15, -0.1) is 11.3 Å². The van der Waals surface area contributed by atoms with Gasteiger partial charge in [0.2, 0.25) is 5.43 Å². The predicted octanol–water partition coefficient (Wildman–Crippen LogP) is 1.60. The van der Waals surface area contributed by atoms with Crippen LogP contribution < -0.4 is 21.0 Å². The van der Waals surface area contributed by atoms with Crippen LogP contribution in [-0.4, -0.2) is 46.8 Å². The van der Waals surface area contributed by atoms with Gasteiger partial charge in [0.05, 0.1) is 16.9 Å². The lowest BCUT2D eigenvalue weighted by Gasteiger charge is -2.36. The van der Waals surface area contributed by atoms with Gasteiger partial charge in [0.15, 0.2) is 5.13 Å². The Morgan fingerprint density at radius 2 is 1.93 bits per heavy atom. The van der Waals surface area contributed by atoms with Crippen molar-refractivity contribution in [3.8, 4) is 0 Å². The number of nitrogens with zero attached hydrogens (tertiary/aromatic N) is 4. The Morgan fingerprint density at radius 3 is 2.56 bits per heavy atom. The monoisotopic (exact) mass is 385 g/mol. The molecule has 0 aliphatic carbocycles. The normalized spacial score (nSPS) is 14.7. The van der Waals surface area contributed by atoms with Gasteiger partial charge in [-0.05, 0) is 12.1 Å². The maximum atomic E-state index is 12.5. The Hall–Kier alpha value is -3.07. The first-order valence-corrected chi connectivity index (χ1v) is 9.39. The molecule has 1 fully saturated rings. The topological polar surface area (TPSA) is 105 Å². The summed E-state index contributed by atoms with van der Waals surface area (Å²) in [5.41, 5.74) is 7.46. The third-order valence-corrected chi connectivity index (χ3v) is 5.71. The molecular weight excluding hydrogens is 366 g/mol. The SMILES string of the molecule is Cn1cc(C(=O)O)c(=O)c2cc(N)c(N3CCN(c4nccs4)CC3)cc21. The van der Waals surface area contributed by atoms with Crippen LogP contribution in [0.3, 0.4) is 0 Å². The number of aromatic nitrogens is 2. The number of aryl methyl sites for hydroxylation is 1. The lowest BCUT2D eigenvalue weighted by atomic mass is 10.1. The minimum atomic E-state index is -1.24. The largest absolute Gasteiger partial charge is 0.477 e. The summed E-state index contributed by atoms with van der Waals surface area (Å²) in [5, 5.41) is 12.5. The molecule has 0 saturated carbocycles. The summed E-state index contributed by atoms with van der Waals surface area (Å²) >= 11 is 1.62. The first-order chi connectivity index (χ1) is 13.0. The predicted molar refractivity (Wildman–Crippen MR) is 107 cm³/mol. The van der Waals surface area contributed by atoms with Gasteiger partial charge < -0.3 is 25.2 Å². The number of carbonyl (C=O) groups is 1. The number of carboxylic acid groups (broad SMARTS) is 1. The molecule has 1 aliphatic rings. The Kier molecular flexibility index (Phi) is 4.23.